The van der Waals surface area contributed by atoms with Crippen LogP contribution in [0.1, 0.15) is 30.9 Å². The largest absolute Gasteiger partial charge is 0.332 e. The summed E-state index contributed by atoms with van der Waals surface area (Å²) < 4.78 is 0. The van der Waals surface area contributed by atoms with E-state index in [9.17, 15) is 4.79 Å². The molecule has 0 saturated heterocycles. The highest BCUT2D eigenvalue weighted by molar-refractivity contribution is 5.90. The van der Waals surface area contributed by atoms with E-state index in [1.807, 2.05) is 19.9 Å². The van der Waals surface area contributed by atoms with Gasteiger partial charge in [-0.25, -0.2) is 0 Å². The van der Waals surface area contributed by atoms with Crippen LogP contribution in [0.4, 0.5) is 0 Å². The lowest BCUT2D eigenvalue weighted by atomic mass is 10.3. The summed E-state index contributed by atoms with van der Waals surface area (Å²) in [6.07, 6.45) is 0.293. The van der Waals surface area contributed by atoms with E-state index >= 15 is 0 Å². The standard InChI is InChI=1S/C8H12N6O/c1-6(2)14(5-3-4-9)8(15)7-10-12-13-11-7/h6H,3,5H2,1-2H3,(H,10,11,12,13). The average Bonchev–Trinajstić information content (AvgIpc) is 2.70. The third-order valence-corrected chi connectivity index (χ3v) is 1.89. The van der Waals surface area contributed by atoms with Gasteiger partial charge in [0.1, 0.15) is 0 Å². The van der Waals surface area contributed by atoms with Gasteiger partial charge in [0, 0.05) is 12.6 Å². The van der Waals surface area contributed by atoms with E-state index in [0.29, 0.717) is 13.0 Å². The lowest BCUT2D eigenvalue weighted by Crippen LogP contribution is -2.38. The van der Waals surface area contributed by atoms with Crippen molar-refractivity contribution in [3.05, 3.63) is 5.82 Å². The second-order valence-corrected chi connectivity index (χ2v) is 3.24. The molecule has 15 heavy (non-hydrogen) atoms. The van der Waals surface area contributed by atoms with Crippen LogP contribution in [0.15, 0.2) is 0 Å². The molecule has 0 saturated carbocycles. The van der Waals surface area contributed by atoms with Crippen LogP contribution in [-0.2, 0) is 0 Å². The number of tetrazole rings is 1. The first-order valence-electron chi connectivity index (χ1n) is 4.58. The molecule has 1 aromatic rings. The van der Waals surface area contributed by atoms with Crippen molar-refractivity contribution >= 4 is 5.91 Å². The molecule has 0 aliphatic heterocycles. The Labute approximate surface area is 87.1 Å². The van der Waals surface area contributed by atoms with E-state index in [-0.39, 0.29) is 17.8 Å². The maximum absolute atomic E-state index is 11.8. The number of aromatic nitrogens is 4. The van der Waals surface area contributed by atoms with Gasteiger partial charge in [0.2, 0.25) is 0 Å². The van der Waals surface area contributed by atoms with Crippen molar-refractivity contribution in [2.45, 2.75) is 26.3 Å². The summed E-state index contributed by atoms with van der Waals surface area (Å²) in [6, 6.07) is 2.00. The third-order valence-electron chi connectivity index (χ3n) is 1.89. The molecule has 1 aromatic heterocycles. The van der Waals surface area contributed by atoms with Gasteiger partial charge in [0.05, 0.1) is 12.5 Å². The van der Waals surface area contributed by atoms with Gasteiger partial charge in [0.25, 0.3) is 11.7 Å². The van der Waals surface area contributed by atoms with Crippen molar-refractivity contribution in [2.75, 3.05) is 6.54 Å². The number of H-pyrrole nitrogens is 1. The van der Waals surface area contributed by atoms with Gasteiger partial charge in [-0.3, -0.25) is 4.79 Å². The molecule has 7 heteroatoms. The molecule has 0 aromatic carbocycles. The number of aromatic amines is 1. The molecular formula is C8H12N6O. The number of carbonyl (C=O) groups excluding carboxylic acids is 1. The Balaban J connectivity index is 2.73. The SMILES string of the molecule is CC(C)N(CCC#N)C(=O)c1nn[nH]n1. The van der Waals surface area contributed by atoms with Crippen LogP contribution < -0.4 is 0 Å². The highest BCUT2D eigenvalue weighted by Gasteiger charge is 2.21. The predicted molar refractivity (Wildman–Crippen MR) is 50.6 cm³/mol. The van der Waals surface area contributed by atoms with Gasteiger partial charge in [-0.2, -0.15) is 10.5 Å². The summed E-state index contributed by atoms with van der Waals surface area (Å²) in [5, 5.41) is 21.2. The van der Waals surface area contributed by atoms with E-state index < -0.39 is 0 Å². The first-order valence-corrected chi connectivity index (χ1v) is 4.58. The number of hydrogen-bond acceptors (Lipinski definition) is 5. The quantitative estimate of drug-likeness (QED) is 0.748. The van der Waals surface area contributed by atoms with E-state index in [0.717, 1.165) is 0 Å². The zero-order valence-electron chi connectivity index (χ0n) is 8.64. The minimum atomic E-state index is -0.311. The fraction of sp³-hybridized carbons (Fsp3) is 0.625. The Bertz CT molecular complexity index is 352. The molecule has 7 nitrogen and oxygen atoms in total. The Morgan fingerprint density at radius 2 is 2.40 bits per heavy atom. The Morgan fingerprint density at radius 3 is 2.87 bits per heavy atom. The molecular weight excluding hydrogens is 196 g/mol. The molecule has 0 radical (unpaired) electrons. The monoisotopic (exact) mass is 208 g/mol. The fourth-order valence-corrected chi connectivity index (χ4v) is 1.15. The van der Waals surface area contributed by atoms with Gasteiger partial charge in [-0.1, -0.05) is 0 Å². The lowest BCUT2D eigenvalue weighted by Gasteiger charge is -2.23. The van der Waals surface area contributed by atoms with Crippen molar-refractivity contribution in [3.63, 3.8) is 0 Å². The minimum absolute atomic E-state index is 0.00403. The van der Waals surface area contributed by atoms with Gasteiger partial charge in [0.15, 0.2) is 0 Å². The molecule has 0 unspecified atom stereocenters. The van der Waals surface area contributed by atoms with E-state index in [4.69, 9.17) is 5.26 Å². The third kappa shape index (κ3) is 2.74. The van der Waals surface area contributed by atoms with Crippen LogP contribution in [0, 0.1) is 11.3 Å². The normalized spacial score (nSPS) is 10.0. The van der Waals surface area contributed by atoms with E-state index in [1.165, 1.54) is 4.90 Å². The zero-order chi connectivity index (χ0) is 11.3. The summed E-state index contributed by atoms with van der Waals surface area (Å²) >= 11 is 0. The Hall–Kier alpha value is -1.97. The maximum Gasteiger partial charge on any atom is 0.295 e. The topological polar surface area (TPSA) is 98.6 Å². The molecule has 1 rings (SSSR count). The Morgan fingerprint density at radius 1 is 1.67 bits per heavy atom. The first-order chi connectivity index (χ1) is 7.16. The molecule has 0 aliphatic rings. The highest BCUT2D eigenvalue weighted by Crippen LogP contribution is 2.04. The summed E-state index contributed by atoms with van der Waals surface area (Å²) in [4.78, 5) is 13.3. The molecule has 1 amide bonds. The number of amides is 1. The maximum atomic E-state index is 11.8. The number of rotatable bonds is 4. The van der Waals surface area contributed by atoms with Crippen LogP contribution in [-0.4, -0.2) is 44.0 Å². The molecule has 0 fully saturated rings. The summed E-state index contributed by atoms with van der Waals surface area (Å²) in [7, 11) is 0. The molecule has 0 spiro atoms. The van der Waals surface area contributed by atoms with Crippen LogP contribution in [0.25, 0.3) is 0 Å². The van der Waals surface area contributed by atoms with Gasteiger partial charge in [-0.15, -0.1) is 10.2 Å². The number of hydrogen-bond donors (Lipinski definition) is 1. The van der Waals surface area contributed by atoms with Crippen LogP contribution in [0.3, 0.4) is 0 Å². The number of nitrogens with zero attached hydrogens (tertiary/aromatic N) is 5. The van der Waals surface area contributed by atoms with Crippen molar-refractivity contribution < 1.29 is 4.79 Å². The molecule has 0 bridgehead atoms. The van der Waals surface area contributed by atoms with Gasteiger partial charge in [-0.05, 0) is 19.1 Å². The molecule has 1 heterocycles. The molecule has 0 atom stereocenters. The van der Waals surface area contributed by atoms with Gasteiger partial charge >= 0.3 is 0 Å². The highest BCUT2D eigenvalue weighted by atomic mass is 16.2. The summed E-state index contributed by atoms with van der Waals surface area (Å²) in [5.74, 6) is -0.282. The van der Waals surface area contributed by atoms with E-state index in [1.54, 1.807) is 0 Å². The Kier molecular flexibility index (Phi) is 3.74. The number of carbonyl (C=O) groups is 1. The van der Waals surface area contributed by atoms with Gasteiger partial charge < -0.3 is 4.90 Å². The lowest BCUT2D eigenvalue weighted by molar-refractivity contribution is 0.0697. The minimum Gasteiger partial charge on any atom is -0.332 e. The number of nitriles is 1. The zero-order valence-corrected chi connectivity index (χ0v) is 8.64. The molecule has 0 aliphatic carbocycles. The average molecular weight is 208 g/mol. The van der Waals surface area contributed by atoms with Crippen LogP contribution in [0.5, 0.6) is 0 Å². The van der Waals surface area contributed by atoms with Crippen molar-refractivity contribution in [1.82, 2.24) is 25.5 Å². The second kappa shape index (κ2) is 5.05. The predicted octanol–water partition coefficient (Wildman–Crippen LogP) is -0.0360. The summed E-state index contributed by atoms with van der Waals surface area (Å²) in [6.45, 7) is 4.12. The van der Waals surface area contributed by atoms with Crippen molar-refractivity contribution in [3.8, 4) is 6.07 Å². The molecule has 80 valence electrons. The second-order valence-electron chi connectivity index (χ2n) is 3.24. The van der Waals surface area contributed by atoms with Crippen molar-refractivity contribution in [1.29, 1.82) is 5.26 Å². The van der Waals surface area contributed by atoms with E-state index in [2.05, 4.69) is 20.6 Å². The summed E-state index contributed by atoms with van der Waals surface area (Å²) in [5.41, 5.74) is 0. The first kappa shape index (κ1) is 11.1. The number of nitrogens with one attached hydrogen (secondary N) is 1. The fourth-order valence-electron chi connectivity index (χ4n) is 1.15. The molecule has 1 N–H and O–H groups in total. The van der Waals surface area contributed by atoms with Crippen LogP contribution in [0.2, 0.25) is 0 Å². The van der Waals surface area contributed by atoms with Crippen LogP contribution >= 0.6 is 0 Å². The smallest absolute Gasteiger partial charge is 0.295 e. The van der Waals surface area contributed by atoms with Crippen molar-refractivity contribution in [2.24, 2.45) is 0 Å².